The summed E-state index contributed by atoms with van der Waals surface area (Å²) in [4.78, 5) is 25.0. The number of rotatable bonds is 6. The molecule has 1 aliphatic heterocycles. The van der Waals surface area contributed by atoms with Gasteiger partial charge in [-0.05, 0) is 23.4 Å². The third-order valence-corrected chi connectivity index (χ3v) is 5.30. The zero-order valence-corrected chi connectivity index (χ0v) is 13.9. The minimum Gasteiger partial charge on any atom is -0.326 e. The zero-order chi connectivity index (χ0) is 15.2. The van der Waals surface area contributed by atoms with Crippen LogP contribution in [-0.4, -0.2) is 40.5 Å². The van der Waals surface area contributed by atoms with Gasteiger partial charge >= 0.3 is 0 Å². The van der Waals surface area contributed by atoms with Gasteiger partial charge in [-0.15, -0.1) is 11.8 Å². The molecule has 0 saturated carbocycles. The molecule has 0 spiro atoms. The van der Waals surface area contributed by atoms with E-state index in [1.165, 1.54) is 6.92 Å². The maximum Gasteiger partial charge on any atom is 0.233 e. The second-order valence-electron chi connectivity index (χ2n) is 4.75. The van der Waals surface area contributed by atoms with Crippen molar-refractivity contribution in [2.45, 2.75) is 19.2 Å². The molecule has 114 valence electrons. The molecule has 1 aromatic rings. The Kier molecular flexibility index (Phi) is 5.99. The van der Waals surface area contributed by atoms with E-state index in [9.17, 15) is 9.59 Å². The Morgan fingerprint density at radius 3 is 2.76 bits per heavy atom. The molecule has 1 N–H and O–H groups in total. The van der Waals surface area contributed by atoms with Crippen LogP contribution in [0.25, 0.3) is 0 Å². The molecule has 1 saturated heterocycles. The summed E-state index contributed by atoms with van der Waals surface area (Å²) in [5.41, 5.74) is 1.90. The molecule has 2 amide bonds. The van der Waals surface area contributed by atoms with E-state index in [2.05, 4.69) is 12.2 Å². The number of nitrogens with one attached hydrogen (secondary N) is 1. The Hall–Kier alpha value is -1.14. The Morgan fingerprint density at radius 2 is 2.14 bits per heavy atom. The van der Waals surface area contributed by atoms with Crippen LogP contribution in [0.5, 0.6) is 0 Å². The van der Waals surface area contributed by atoms with Crippen molar-refractivity contribution in [3.63, 3.8) is 0 Å². The van der Waals surface area contributed by atoms with E-state index in [-0.39, 0.29) is 17.2 Å². The molecule has 0 bridgehead atoms. The number of anilines is 1. The van der Waals surface area contributed by atoms with Gasteiger partial charge in [0, 0.05) is 24.9 Å². The van der Waals surface area contributed by atoms with Gasteiger partial charge in [0.25, 0.3) is 0 Å². The Labute approximate surface area is 134 Å². The van der Waals surface area contributed by atoms with Crippen molar-refractivity contribution in [3.05, 3.63) is 29.8 Å². The Bertz CT molecular complexity index is 505. The van der Waals surface area contributed by atoms with Crippen molar-refractivity contribution in [2.24, 2.45) is 0 Å². The molecule has 21 heavy (non-hydrogen) atoms. The molecule has 6 heteroatoms. The minimum atomic E-state index is -0.0774. The van der Waals surface area contributed by atoms with Gasteiger partial charge < -0.3 is 10.2 Å². The van der Waals surface area contributed by atoms with Gasteiger partial charge in [-0.1, -0.05) is 19.1 Å². The summed E-state index contributed by atoms with van der Waals surface area (Å²) in [7, 11) is 0. The number of nitrogens with zero attached hydrogens (tertiary/aromatic N) is 1. The average molecular weight is 324 g/mol. The first-order valence-electron chi connectivity index (χ1n) is 6.98. The van der Waals surface area contributed by atoms with Crippen molar-refractivity contribution >= 4 is 41.0 Å². The fraction of sp³-hybridized carbons (Fsp3) is 0.467. The predicted octanol–water partition coefficient (Wildman–Crippen LogP) is 2.97. The highest BCUT2D eigenvalue weighted by atomic mass is 32.2. The highest BCUT2D eigenvalue weighted by Crippen LogP contribution is 2.38. The zero-order valence-electron chi connectivity index (χ0n) is 12.3. The van der Waals surface area contributed by atoms with E-state index in [0.29, 0.717) is 5.75 Å². The fourth-order valence-corrected chi connectivity index (χ4v) is 4.05. The summed E-state index contributed by atoms with van der Waals surface area (Å²) in [6, 6.07) is 7.75. The van der Waals surface area contributed by atoms with Crippen LogP contribution in [0.1, 0.15) is 24.8 Å². The molecule has 0 aliphatic carbocycles. The summed E-state index contributed by atoms with van der Waals surface area (Å²) in [6.45, 7) is 4.42. The standard InChI is InChI=1S/C15H20N2O2S2/c1-3-20-9-8-17-14(19)10-21-15(17)12-4-6-13(7-5-12)16-11(2)18/h4-7,15H,3,8-10H2,1-2H3,(H,16,18). The molecule has 1 aromatic carbocycles. The highest BCUT2D eigenvalue weighted by molar-refractivity contribution is 8.00. The van der Waals surface area contributed by atoms with Gasteiger partial charge in [-0.3, -0.25) is 9.59 Å². The highest BCUT2D eigenvalue weighted by Gasteiger charge is 2.32. The maximum atomic E-state index is 12.0. The molecule has 1 heterocycles. The van der Waals surface area contributed by atoms with Gasteiger partial charge in [-0.25, -0.2) is 0 Å². The summed E-state index contributed by atoms with van der Waals surface area (Å²) in [5, 5.41) is 2.85. The molecule has 0 aromatic heterocycles. The van der Waals surface area contributed by atoms with Gasteiger partial charge in [0.05, 0.1) is 5.75 Å². The topological polar surface area (TPSA) is 49.4 Å². The average Bonchev–Trinajstić information content (AvgIpc) is 2.81. The molecule has 1 unspecified atom stereocenters. The summed E-state index contributed by atoms with van der Waals surface area (Å²) < 4.78 is 0. The van der Waals surface area contributed by atoms with Crippen LogP contribution in [0.2, 0.25) is 0 Å². The fourth-order valence-electron chi connectivity index (χ4n) is 2.21. The maximum absolute atomic E-state index is 12.0. The third-order valence-electron chi connectivity index (χ3n) is 3.16. The van der Waals surface area contributed by atoms with Gasteiger partial charge in [0.1, 0.15) is 5.37 Å². The van der Waals surface area contributed by atoms with Gasteiger partial charge in [0.15, 0.2) is 0 Å². The number of carbonyl (C=O) groups excluding carboxylic acids is 2. The molecule has 1 atom stereocenters. The number of carbonyl (C=O) groups is 2. The molecule has 4 nitrogen and oxygen atoms in total. The number of hydrogen-bond acceptors (Lipinski definition) is 4. The number of hydrogen-bond donors (Lipinski definition) is 1. The van der Waals surface area contributed by atoms with Crippen LogP contribution in [0.3, 0.4) is 0 Å². The van der Waals surface area contributed by atoms with Gasteiger partial charge in [0.2, 0.25) is 11.8 Å². The summed E-state index contributed by atoms with van der Waals surface area (Å²) in [6.07, 6.45) is 0. The smallest absolute Gasteiger partial charge is 0.233 e. The minimum absolute atomic E-state index is 0.0774. The van der Waals surface area contributed by atoms with E-state index < -0.39 is 0 Å². The molecule has 0 radical (unpaired) electrons. The lowest BCUT2D eigenvalue weighted by Gasteiger charge is -2.24. The molecule has 2 rings (SSSR count). The van der Waals surface area contributed by atoms with Crippen LogP contribution in [-0.2, 0) is 9.59 Å². The molecular formula is C15H20N2O2S2. The van der Waals surface area contributed by atoms with Crippen LogP contribution in [0, 0.1) is 0 Å². The number of amides is 2. The third kappa shape index (κ3) is 4.41. The molecule has 1 aliphatic rings. The van der Waals surface area contributed by atoms with E-state index in [0.717, 1.165) is 29.3 Å². The number of thioether (sulfide) groups is 2. The van der Waals surface area contributed by atoms with Crippen molar-refractivity contribution in [3.8, 4) is 0 Å². The predicted molar refractivity (Wildman–Crippen MR) is 90.7 cm³/mol. The van der Waals surface area contributed by atoms with Crippen LogP contribution < -0.4 is 5.32 Å². The van der Waals surface area contributed by atoms with Crippen LogP contribution in [0.15, 0.2) is 24.3 Å². The second-order valence-corrected chi connectivity index (χ2v) is 7.21. The quantitative estimate of drug-likeness (QED) is 0.817. The lowest BCUT2D eigenvalue weighted by molar-refractivity contribution is -0.127. The van der Waals surface area contributed by atoms with Crippen molar-refractivity contribution in [1.82, 2.24) is 4.90 Å². The number of benzene rings is 1. The van der Waals surface area contributed by atoms with E-state index in [1.54, 1.807) is 11.8 Å². The van der Waals surface area contributed by atoms with E-state index in [1.807, 2.05) is 40.9 Å². The first kappa shape index (κ1) is 16.2. The van der Waals surface area contributed by atoms with Gasteiger partial charge in [-0.2, -0.15) is 11.8 Å². The lowest BCUT2D eigenvalue weighted by Crippen LogP contribution is -2.30. The SMILES string of the molecule is CCSCCN1C(=O)CSC1c1ccc(NC(C)=O)cc1. The summed E-state index contributed by atoms with van der Waals surface area (Å²) >= 11 is 3.52. The first-order chi connectivity index (χ1) is 10.1. The normalized spacial score (nSPS) is 18.1. The lowest BCUT2D eigenvalue weighted by atomic mass is 10.2. The Morgan fingerprint density at radius 1 is 1.43 bits per heavy atom. The monoisotopic (exact) mass is 324 g/mol. The summed E-state index contributed by atoms with van der Waals surface area (Å²) in [5.74, 6) is 2.74. The van der Waals surface area contributed by atoms with Crippen molar-refractivity contribution in [1.29, 1.82) is 0 Å². The van der Waals surface area contributed by atoms with E-state index in [4.69, 9.17) is 0 Å². The van der Waals surface area contributed by atoms with Crippen LogP contribution in [0.4, 0.5) is 5.69 Å². The van der Waals surface area contributed by atoms with Crippen molar-refractivity contribution in [2.75, 3.05) is 29.1 Å². The molecular weight excluding hydrogens is 304 g/mol. The largest absolute Gasteiger partial charge is 0.326 e. The van der Waals surface area contributed by atoms with Crippen molar-refractivity contribution < 1.29 is 9.59 Å². The van der Waals surface area contributed by atoms with E-state index >= 15 is 0 Å². The first-order valence-corrected chi connectivity index (χ1v) is 9.18. The second kappa shape index (κ2) is 7.75. The Balaban J connectivity index is 2.04. The van der Waals surface area contributed by atoms with Crippen LogP contribution >= 0.6 is 23.5 Å². The molecule has 1 fully saturated rings.